The third-order valence-corrected chi connectivity index (χ3v) is 8.07. The van der Waals surface area contributed by atoms with Gasteiger partial charge in [-0.15, -0.1) is 0 Å². The zero-order valence-corrected chi connectivity index (χ0v) is 23.0. The van der Waals surface area contributed by atoms with Crippen molar-refractivity contribution in [3.63, 3.8) is 0 Å². The Morgan fingerprint density at radius 2 is 1.88 bits per heavy atom. The highest BCUT2D eigenvalue weighted by molar-refractivity contribution is 7.22. The second-order valence-corrected chi connectivity index (χ2v) is 10.9. The Morgan fingerprint density at radius 3 is 2.65 bits per heavy atom. The van der Waals surface area contributed by atoms with Crippen molar-refractivity contribution in [2.75, 3.05) is 11.5 Å². The molecule has 0 saturated carbocycles. The molecule has 1 atom stereocenters. The summed E-state index contributed by atoms with van der Waals surface area (Å²) in [7, 11) is 0. The van der Waals surface area contributed by atoms with E-state index in [0.717, 1.165) is 40.4 Å². The van der Waals surface area contributed by atoms with Crippen molar-refractivity contribution in [1.82, 2.24) is 4.98 Å². The van der Waals surface area contributed by atoms with Crippen LogP contribution in [0.2, 0.25) is 0 Å². The fourth-order valence-electron chi connectivity index (χ4n) is 4.99. The number of ether oxygens (including phenoxy) is 1. The van der Waals surface area contributed by atoms with Crippen LogP contribution in [0.1, 0.15) is 53.9 Å². The minimum atomic E-state index is -0.899. The molecule has 2 aromatic heterocycles. The normalized spacial score (nSPS) is 15.5. The number of rotatable bonds is 9. The smallest absolute Gasteiger partial charge is 0.296 e. The van der Waals surface area contributed by atoms with Gasteiger partial charge < -0.3 is 14.3 Å². The second-order valence-electron chi connectivity index (χ2n) is 9.91. The predicted octanol–water partition coefficient (Wildman–Crippen LogP) is 7.70. The van der Waals surface area contributed by atoms with Crippen molar-refractivity contribution < 1.29 is 23.8 Å². The van der Waals surface area contributed by atoms with E-state index in [9.17, 15) is 14.7 Å². The number of benzene rings is 3. The molecule has 40 heavy (non-hydrogen) atoms. The Bertz CT molecular complexity index is 1730. The Labute approximate surface area is 235 Å². The van der Waals surface area contributed by atoms with Crippen LogP contribution in [0, 0.1) is 6.92 Å². The molecule has 0 bridgehead atoms. The number of para-hydroxylation sites is 1. The fourth-order valence-corrected chi connectivity index (χ4v) is 6.08. The third kappa shape index (κ3) is 4.64. The molecule has 1 amide bonds. The first-order chi connectivity index (χ1) is 19.4. The number of aryl methyl sites for hydroxylation is 1. The number of thiazole rings is 1. The van der Waals surface area contributed by atoms with Crippen LogP contribution in [0.15, 0.2) is 88.5 Å². The van der Waals surface area contributed by atoms with Crippen LogP contribution >= 0.6 is 11.3 Å². The van der Waals surface area contributed by atoms with Crippen LogP contribution in [0.5, 0.6) is 5.75 Å². The maximum absolute atomic E-state index is 13.9. The molecule has 0 aliphatic carbocycles. The monoisotopic (exact) mass is 552 g/mol. The minimum absolute atomic E-state index is 0.0453. The van der Waals surface area contributed by atoms with Crippen molar-refractivity contribution in [1.29, 1.82) is 0 Å². The lowest BCUT2D eigenvalue weighted by molar-refractivity contribution is -0.117. The number of Topliss-reactive ketones (excluding diaryl/α,β-unsaturated/α-hetero) is 1. The first-order valence-electron chi connectivity index (χ1n) is 13.3. The van der Waals surface area contributed by atoms with E-state index in [-0.39, 0.29) is 11.3 Å². The fraction of sp³-hybridized carbons (Fsp3) is 0.219. The molecule has 7 nitrogen and oxygen atoms in total. The molecular weight excluding hydrogens is 524 g/mol. The van der Waals surface area contributed by atoms with E-state index in [4.69, 9.17) is 14.1 Å². The number of nitrogens with zero attached hydrogens (tertiary/aromatic N) is 2. The Kier molecular flexibility index (Phi) is 6.86. The van der Waals surface area contributed by atoms with Crippen LogP contribution in [0.3, 0.4) is 0 Å². The molecule has 1 N–H and O–H groups in total. The van der Waals surface area contributed by atoms with Crippen LogP contribution in [-0.2, 0) is 4.79 Å². The number of carbonyl (C=O) groups is 2. The molecule has 6 rings (SSSR count). The van der Waals surface area contributed by atoms with Crippen molar-refractivity contribution in [3.05, 3.63) is 101 Å². The number of hydrogen-bond acceptors (Lipinski definition) is 7. The lowest BCUT2D eigenvalue weighted by Crippen LogP contribution is -2.30. The number of aromatic nitrogens is 1. The van der Waals surface area contributed by atoms with Gasteiger partial charge >= 0.3 is 0 Å². The predicted molar refractivity (Wildman–Crippen MR) is 156 cm³/mol. The number of furan rings is 1. The van der Waals surface area contributed by atoms with Gasteiger partial charge in [-0.1, -0.05) is 67.5 Å². The molecule has 1 aliphatic heterocycles. The van der Waals surface area contributed by atoms with Gasteiger partial charge in [0, 0.05) is 5.39 Å². The van der Waals surface area contributed by atoms with Gasteiger partial charge in [-0.05, 0) is 60.9 Å². The molecule has 0 radical (unpaired) electrons. The second kappa shape index (κ2) is 10.6. The summed E-state index contributed by atoms with van der Waals surface area (Å²) in [6.07, 6.45) is 3.17. The summed E-state index contributed by atoms with van der Waals surface area (Å²) >= 11 is 1.34. The number of ketones is 1. The van der Waals surface area contributed by atoms with Gasteiger partial charge in [-0.2, -0.15) is 0 Å². The number of hydrogen-bond donors (Lipinski definition) is 1. The summed E-state index contributed by atoms with van der Waals surface area (Å²) in [4.78, 5) is 33.6. The Balaban J connectivity index is 1.42. The molecule has 0 spiro atoms. The van der Waals surface area contributed by atoms with E-state index in [1.54, 1.807) is 12.1 Å². The quantitative estimate of drug-likeness (QED) is 0.149. The van der Waals surface area contributed by atoms with Crippen LogP contribution in [0.4, 0.5) is 5.13 Å². The van der Waals surface area contributed by atoms with Gasteiger partial charge in [0.15, 0.2) is 16.7 Å². The Hall–Kier alpha value is -4.43. The summed E-state index contributed by atoms with van der Waals surface area (Å²) in [5.41, 5.74) is 2.96. The van der Waals surface area contributed by atoms with Crippen LogP contribution < -0.4 is 9.64 Å². The van der Waals surface area contributed by atoms with E-state index in [2.05, 4.69) is 6.92 Å². The van der Waals surface area contributed by atoms with Crippen LogP contribution in [0.25, 0.3) is 21.2 Å². The number of anilines is 1. The van der Waals surface area contributed by atoms with Gasteiger partial charge in [0.25, 0.3) is 5.91 Å². The molecule has 1 aliphatic rings. The molecule has 8 heteroatoms. The largest absolute Gasteiger partial charge is 0.503 e. The number of aliphatic hydroxyl groups excluding tert-OH is 1. The Morgan fingerprint density at radius 1 is 1.07 bits per heavy atom. The number of unbranched alkanes of at least 4 members (excludes halogenated alkanes) is 2. The standard InChI is InChI=1S/C32H28N2O5S/c1-3-4-7-16-38-22-13-11-20(12-14-22)28-27(29(35)25-18-21-8-5-6-9-24(21)39-25)30(36)31(37)34(28)32-33-23-15-10-19(2)17-26(23)40-32/h5-6,8-15,17-18,28,36H,3-4,7,16H2,1-2H3/t28-/m0/s1. The summed E-state index contributed by atoms with van der Waals surface area (Å²) in [5, 5.41) is 12.3. The molecule has 5 aromatic rings. The van der Waals surface area contributed by atoms with Gasteiger partial charge in [-0.3, -0.25) is 14.5 Å². The molecule has 0 unspecified atom stereocenters. The van der Waals surface area contributed by atoms with Gasteiger partial charge in [0.2, 0.25) is 5.78 Å². The van der Waals surface area contributed by atoms with Crippen molar-refractivity contribution >= 4 is 49.3 Å². The maximum atomic E-state index is 13.9. The molecular formula is C32H28N2O5S. The van der Waals surface area contributed by atoms with E-state index in [0.29, 0.717) is 28.6 Å². The lowest BCUT2D eigenvalue weighted by Gasteiger charge is -2.24. The average molecular weight is 553 g/mol. The third-order valence-electron chi connectivity index (χ3n) is 7.05. The molecule has 3 heterocycles. The van der Waals surface area contributed by atoms with Gasteiger partial charge in [-0.25, -0.2) is 4.98 Å². The highest BCUT2D eigenvalue weighted by Crippen LogP contribution is 2.44. The average Bonchev–Trinajstić information content (AvgIpc) is 3.65. The summed E-state index contributed by atoms with van der Waals surface area (Å²) in [6, 6.07) is 21.2. The van der Waals surface area contributed by atoms with Crippen molar-refractivity contribution in [3.8, 4) is 5.75 Å². The summed E-state index contributed by atoms with van der Waals surface area (Å²) in [6.45, 7) is 4.75. The van der Waals surface area contributed by atoms with E-state index in [1.165, 1.54) is 16.2 Å². The number of amides is 1. The highest BCUT2D eigenvalue weighted by atomic mass is 32.1. The van der Waals surface area contributed by atoms with Crippen LogP contribution in [-0.4, -0.2) is 28.4 Å². The minimum Gasteiger partial charge on any atom is -0.503 e. The van der Waals surface area contributed by atoms with Gasteiger partial charge in [0.1, 0.15) is 11.3 Å². The topological polar surface area (TPSA) is 92.9 Å². The highest BCUT2D eigenvalue weighted by Gasteiger charge is 2.46. The van der Waals surface area contributed by atoms with Crippen molar-refractivity contribution in [2.24, 2.45) is 0 Å². The molecule has 0 fully saturated rings. The summed E-state index contributed by atoms with van der Waals surface area (Å²) < 4.78 is 12.6. The first-order valence-corrected chi connectivity index (χ1v) is 14.2. The first kappa shape index (κ1) is 25.8. The van der Waals surface area contributed by atoms with Crippen molar-refractivity contribution in [2.45, 2.75) is 39.2 Å². The molecule has 0 saturated heterocycles. The summed E-state index contributed by atoms with van der Waals surface area (Å²) in [5.74, 6) is -1.08. The zero-order chi connectivity index (χ0) is 27.8. The maximum Gasteiger partial charge on any atom is 0.296 e. The lowest BCUT2D eigenvalue weighted by atomic mass is 9.95. The van der Waals surface area contributed by atoms with Gasteiger partial charge in [0.05, 0.1) is 28.4 Å². The zero-order valence-electron chi connectivity index (χ0n) is 22.2. The molecule has 3 aromatic carbocycles. The number of aliphatic hydroxyl groups is 1. The number of fused-ring (bicyclic) bond motifs is 2. The SMILES string of the molecule is CCCCCOc1ccc([C@H]2C(C(=O)c3cc4ccccc4o3)=C(O)C(=O)N2c2nc3ccc(C)cc3s2)cc1. The van der Waals surface area contributed by atoms with E-state index >= 15 is 0 Å². The number of carbonyl (C=O) groups excluding carboxylic acids is 2. The molecule has 202 valence electrons. The van der Waals surface area contributed by atoms with E-state index in [1.807, 2.05) is 67.6 Å². The van der Waals surface area contributed by atoms with E-state index < -0.39 is 23.5 Å².